The summed E-state index contributed by atoms with van der Waals surface area (Å²) in [4.78, 5) is 13.5. The molecule has 5 nitrogen and oxygen atoms in total. The zero-order valence-electron chi connectivity index (χ0n) is 12.8. The van der Waals surface area contributed by atoms with Crippen LogP contribution >= 0.6 is 0 Å². The Morgan fingerprint density at radius 3 is 2.73 bits per heavy atom. The fourth-order valence-electron chi connectivity index (χ4n) is 2.46. The van der Waals surface area contributed by atoms with E-state index in [1.54, 1.807) is 25.2 Å². The van der Waals surface area contributed by atoms with Crippen molar-refractivity contribution in [3.8, 4) is 5.75 Å². The average molecular weight is 310 g/mol. The van der Waals surface area contributed by atoms with Crippen LogP contribution in [-0.2, 0) is 0 Å². The second kappa shape index (κ2) is 7.98. The molecule has 0 heterocycles. The zero-order valence-corrected chi connectivity index (χ0v) is 12.8. The first kappa shape index (κ1) is 16.5. The molecule has 0 saturated heterocycles. The summed E-state index contributed by atoms with van der Waals surface area (Å²) in [7, 11) is 1.68. The van der Waals surface area contributed by atoms with Gasteiger partial charge in [-0.25, -0.2) is 9.18 Å². The van der Waals surface area contributed by atoms with Gasteiger partial charge in [-0.2, -0.15) is 0 Å². The van der Waals surface area contributed by atoms with E-state index in [2.05, 4.69) is 5.32 Å². The number of aliphatic hydroxyl groups excluding tert-OH is 1. The van der Waals surface area contributed by atoms with Crippen LogP contribution in [0.3, 0.4) is 0 Å². The number of carbonyl (C=O) groups excluding carboxylic acids is 1. The Bertz CT molecular complexity index is 490. The molecular weight excluding hydrogens is 287 g/mol. The second-order valence-corrected chi connectivity index (χ2v) is 5.66. The molecule has 1 saturated carbocycles. The minimum absolute atomic E-state index is 0.117. The standard InChI is InChI=1S/C16H23FN2O3/c1-19(10-11-22-15-5-3-2-4-14(15)17)16(21)18-12-6-8-13(20)9-7-12/h2-5,12-13,20H,6-11H2,1H3,(H,18,21). The van der Waals surface area contributed by atoms with Crippen molar-refractivity contribution >= 4 is 6.03 Å². The Morgan fingerprint density at radius 2 is 2.05 bits per heavy atom. The SMILES string of the molecule is CN(CCOc1ccccc1F)C(=O)NC1CCC(O)CC1. The topological polar surface area (TPSA) is 61.8 Å². The van der Waals surface area contributed by atoms with Gasteiger partial charge in [-0.3, -0.25) is 0 Å². The van der Waals surface area contributed by atoms with Crippen molar-refractivity contribution in [3.63, 3.8) is 0 Å². The van der Waals surface area contributed by atoms with Crippen LogP contribution in [-0.4, -0.2) is 48.4 Å². The number of ether oxygens (including phenoxy) is 1. The number of benzene rings is 1. The lowest BCUT2D eigenvalue weighted by molar-refractivity contribution is 0.115. The van der Waals surface area contributed by atoms with Gasteiger partial charge < -0.3 is 20.1 Å². The lowest BCUT2D eigenvalue weighted by Gasteiger charge is -2.28. The van der Waals surface area contributed by atoms with Crippen molar-refractivity contribution in [2.45, 2.75) is 37.8 Å². The summed E-state index contributed by atoms with van der Waals surface area (Å²) in [5.74, 6) is -0.215. The van der Waals surface area contributed by atoms with Gasteiger partial charge in [-0.15, -0.1) is 0 Å². The lowest BCUT2D eigenvalue weighted by Crippen LogP contribution is -2.45. The lowest BCUT2D eigenvalue weighted by atomic mass is 9.93. The van der Waals surface area contributed by atoms with Gasteiger partial charge in [0.1, 0.15) is 6.61 Å². The Labute approximate surface area is 130 Å². The van der Waals surface area contributed by atoms with E-state index < -0.39 is 5.82 Å². The number of para-hydroxylation sites is 1. The first-order chi connectivity index (χ1) is 10.6. The summed E-state index contributed by atoms with van der Waals surface area (Å²) in [5.41, 5.74) is 0. The molecule has 0 aromatic heterocycles. The summed E-state index contributed by atoms with van der Waals surface area (Å²) in [6.45, 7) is 0.601. The molecule has 6 heteroatoms. The van der Waals surface area contributed by atoms with Crippen LogP contribution in [0.4, 0.5) is 9.18 Å². The minimum Gasteiger partial charge on any atom is -0.489 e. The molecule has 0 unspecified atom stereocenters. The highest BCUT2D eigenvalue weighted by Gasteiger charge is 2.21. The monoisotopic (exact) mass is 310 g/mol. The fourth-order valence-corrected chi connectivity index (χ4v) is 2.46. The largest absolute Gasteiger partial charge is 0.489 e. The number of hydrogen-bond acceptors (Lipinski definition) is 3. The average Bonchev–Trinajstić information content (AvgIpc) is 2.51. The smallest absolute Gasteiger partial charge is 0.317 e. The minimum atomic E-state index is -0.407. The molecule has 1 aliphatic rings. The number of nitrogens with zero attached hydrogens (tertiary/aromatic N) is 1. The summed E-state index contributed by atoms with van der Waals surface area (Å²) < 4.78 is 18.7. The number of nitrogens with one attached hydrogen (secondary N) is 1. The third-order valence-corrected chi connectivity index (χ3v) is 3.89. The highest BCUT2D eigenvalue weighted by atomic mass is 19.1. The van der Waals surface area contributed by atoms with Gasteiger partial charge in [0.15, 0.2) is 11.6 Å². The van der Waals surface area contributed by atoms with E-state index in [4.69, 9.17) is 4.74 Å². The summed E-state index contributed by atoms with van der Waals surface area (Å²) in [6, 6.07) is 6.14. The molecule has 122 valence electrons. The summed E-state index contributed by atoms with van der Waals surface area (Å²) in [5, 5.41) is 12.4. The van der Waals surface area contributed by atoms with E-state index in [1.807, 2.05) is 0 Å². The van der Waals surface area contributed by atoms with Crippen molar-refractivity contribution < 1.29 is 19.0 Å². The van der Waals surface area contributed by atoms with Gasteiger partial charge in [0, 0.05) is 13.1 Å². The quantitative estimate of drug-likeness (QED) is 0.876. The highest BCUT2D eigenvalue weighted by Crippen LogP contribution is 2.18. The summed E-state index contributed by atoms with van der Waals surface area (Å²) in [6.07, 6.45) is 2.81. The van der Waals surface area contributed by atoms with Gasteiger partial charge in [0.05, 0.1) is 12.6 Å². The Kier molecular flexibility index (Phi) is 6.00. The van der Waals surface area contributed by atoms with Crippen LogP contribution in [0.2, 0.25) is 0 Å². The van der Waals surface area contributed by atoms with Gasteiger partial charge in [-0.1, -0.05) is 12.1 Å². The third kappa shape index (κ3) is 4.87. The van der Waals surface area contributed by atoms with Crippen LogP contribution < -0.4 is 10.1 Å². The van der Waals surface area contributed by atoms with E-state index in [9.17, 15) is 14.3 Å². The number of halogens is 1. The van der Waals surface area contributed by atoms with Crippen LogP contribution in [0.1, 0.15) is 25.7 Å². The van der Waals surface area contributed by atoms with Crippen LogP contribution in [0.15, 0.2) is 24.3 Å². The van der Waals surface area contributed by atoms with E-state index >= 15 is 0 Å². The zero-order chi connectivity index (χ0) is 15.9. The maximum atomic E-state index is 13.4. The second-order valence-electron chi connectivity index (χ2n) is 5.66. The molecule has 1 aromatic carbocycles. The normalized spacial score (nSPS) is 21.2. The van der Waals surface area contributed by atoms with Crippen LogP contribution in [0, 0.1) is 5.82 Å². The Balaban J connectivity index is 1.69. The van der Waals surface area contributed by atoms with Crippen LogP contribution in [0.5, 0.6) is 5.75 Å². The van der Waals surface area contributed by atoms with E-state index in [0.29, 0.717) is 6.54 Å². The molecule has 1 aliphatic carbocycles. The number of amides is 2. The predicted octanol–water partition coefficient (Wildman–Crippen LogP) is 2.15. The van der Waals surface area contributed by atoms with Crippen molar-refractivity contribution in [1.29, 1.82) is 0 Å². The number of hydrogen-bond donors (Lipinski definition) is 2. The number of likely N-dealkylation sites (N-methyl/N-ethyl adjacent to an activating group) is 1. The highest BCUT2D eigenvalue weighted by molar-refractivity contribution is 5.74. The molecular formula is C16H23FN2O3. The van der Waals surface area contributed by atoms with E-state index in [0.717, 1.165) is 25.7 Å². The summed E-state index contributed by atoms with van der Waals surface area (Å²) >= 11 is 0. The molecule has 2 amide bonds. The number of urea groups is 1. The predicted molar refractivity (Wildman–Crippen MR) is 81.3 cm³/mol. The molecule has 0 radical (unpaired) electrons. The molecule has 1 aromatic rings. The first-order valence-electron chi connectivity index (χ1n) is 7.63. The number of rotatable bonds is 5. The third-order valence-electron chi connectivity index (χ3n) is 3.89. The van der Waals surface area contributed by atoms with Crippen molar-refractivity contribution in [2.75, 3.05) is 20.2 Å². The number of carbonyl (C=O) groups is 1. The van der Waals surface area contributed by atoms with Gasteiger partial charge in [0.25, 0.3) is 0 Å². The van der Waals surface area contributed by atoms with Gasteiger partial charge in [-0.05, 0) is 37.8 Å². The molecule has 0 bridgehead atoms. The first-order valence-corrected chi connectivity index (χ1v) is 7.63. The Hall–Kier alpha value is -1.82. The fraction of sp³-hybridized carbons (Fsp3) is 0.562. The molecule has 0 aliphatic heterocycles. The van der Waals surface area contributed by atoms with E-state index in [1.165, 1.54) is 11.0 Å². The Morgan fingerprint density at radius 1 is 1.36 bits per heavy atom. The van der Waals surface area contributed by atoms with Crippen molar-refractivity contribution in [2.24, 2.45) is 0 Å². The van der Waals surface area contributed by atoms with Crippen molar-refractivity contribution in [1.82, 2.24) is 10.2 Å². The number of aliphatic hydroxyl groups is 1. The van der Waals surface area contributed by atoms with Crippen molar-refractivity contribution in [3.05, 3.63) is 30.1 Å². The van der Waals surface area contributed by atoms with Gasteiger partial charge in [0.2, 0.25) is 0 Å². The van der Waals surface area contributed by atoms with Crippen LogP contribution in [0.25, 0.3) is 0 Å². The van der Waals surface area contributed by atoms with Gasteiger partial charge >= 0.3 is 6.03 Å². The maximum Gasteiger partial charge on any atom is 0.317 e. The maximum absolute atomic E-state index is 13.4. The molecule has 1 fully saturated rings. The molecule has 2 rings (SSSR count). The van der Waals surface area contributed by atoms with E-state index in [-0.39, 0.29) is 30.5 Å². The molecule has 2 N–H and O–H groups in total. The molecule has 0 atom stereocenters. The molecule has 0 spiro atoms. The molecule has 22 heavy (non-hydrogen) atoms.